The highest BCUT2D eigenvalue weighted by Crippen LogP contribution is 2.18. The lowest BCUT2D eigenvalue weighted by Crippen LogP contribution is -2.22. The van der Waals surface area contributed by atoms with Crippen molar-refractivity contribution in [1.29, 1.82) is 0 Å². The van der Waals surface area contributed by atoms with E-state index in [-0.39, 0.29) is 17.6 Å². The Labute approximate surface area is 188 Å². The van der Waals surface area contributed by atoms with Crippen LogP contribution in [0, 0.1) is 0 Å². The highest BCUT2D eigenvalue weighted by Gasteiger charge is 2.13. The van der Waals surface area contributed by atoms with Crippen molar-refractivity contribution in [2.75, 3.05) is 19.8 Å². The number of rotatable bonds is 12. The Balaban J connectivity index is 1.28. The maximum absolute atomic E-state index is 12.2. The van der Waals surface area contributed by atoms with E-state index in [9.17, 15) is 9.59 Å². The second-order valence-corrected chi connectivity index (χ2v) is 7.67. The van der Waals surface area contributed by atoms with Crippen LogP contribution in [0.25, 0.3) is 0 Å². The second kappa shape index (κ2) is 12.8. The summed E-state index contributed by atoms with van der Waals surface area (Å²) in [4.78, 5) is 23.1. The molecule has 1 aliphatic heterocycles. The molecule has 1 heterocycles. The largest absolute Gasteiger partial charge is 0.494 e. The van der Waals surface area contributed by atoms with Gasteiger partial charge in [-0.3, -0.25) is 0 Å². The van der Waals surface area contributed by atoms with Crippen molar-refractivity contribution in [2.45, 2.75) is 51.2 Å². The molecular weight excluding hydrogens is 412 g/mol. The van der Waals surface area contributed by atoms with E-state index in [1.165, 1.54) is 30.7 Å². The maximum Gasteiger partial charge on any atom is 0.343 e. The van der Waals surface area contributed by atoms with E-state index in [2.05, 4.69) is 0 Å². The first-order valence-corrected chi connectivity index (χ1v) is 11.1. The van der Waals surface area contributed by atoms with E-state index in [1.54, 1.807) is 24.3 Å². The van der Waals surface area contributed by atoms with Gasteiger partial charge in [-0.1, -0.05) is 6.42 Å². The molecule has 1 fully saturated rings. The Morgan fingerprint density at radius 2 is 1.50 bits per heavy atom. The van der Waals surface area contributed by atoms with Gasteiger partial charge in [0.25, 0.3) is 0 Å². The predicted octanol–water partition coefficient (Wildman–Crippen LogP) is 5.09. The van der Waals surface area contributed by atoms with Gasteiger partial charge in [-0.05, 0) is 87.1 Å². The minimum atomic E-state index is -1.03. The van der Waals surface area contributed by atoms with Crippen LogP contribution >= 0.6 is 0 Å². The van der Waals surface area contributed by atoms with Gasteiger partial charge in [-0.2, -0.15) is 0 Å². The molecule has 1 N–H and O–H groups in total. The van der Waals surface area contributed by atoms with E-state index in [0.29, 0.717) is 17.9 Å². The first-order valence-electron chi connectivity index (χ1n) is 11.1. The van der Waals surface area contributed by atoms with E-state index < -0.39 is 11.9 Å². The molecule has 2 aromatic carbocycles. The van der Waals surface area contributed by atoms with Gasteiger partial charge in [0.05, 0.1) is 17.7 Å². The van der Waals surface area contributed by atoms with Crippen LogP contribution in [0.3, 0.4) is 0 Å². The van der Waals surface area contributed by atoms with E-state index in [1.807, 2.05) is 0 Å². The molecule has 7 nitrogen and oxygen atoms in total. The summed E-state index contributed by atoms with van der Waals surface area (Å²) in [6, 6.07) is 12.5. The number of aromatic carboxylic acids is 1. The van der Waals surface area contributed by atoms with Crippen molar-refractivity contribution in [3.05, 3.63) is 59.7 Å². The fourth-order valence-electron chi connectivity index (χ4n) is 3.32. The fraction of sp³-hybridized carbons (Fsp3) is 0.440. The number of esters is 1. The summed E-state index contributed by atoms with van der Waals surface area (Å²) in [6.45, 7) is 2.17. The molecule has 0 spiro atoms. The summed E-state index contributed by atoms with van der Waals surface area (Å²) in [5, 5.41) is 8.90. The van der Waals surface area contributed by atoms with E-state index >= 15 is 0 Å². The van der Waals surface area contributed by atoms with Gasteiger partial charge in [0.15, 0.2) is 6.29 Å². The average molecular weight is 443 g/mol. The minimum absolute atomic E-state index is 0.00943. The summed E-state index contributed by atoms with van der Waals surface area (Å²) in [5.74, 6) is -0.556. The molecule has 2 aromatic rings. The van der Waals surface area contributed by atoms with E-state index in [0.717, 1.165) is 51.7 Å². The molecule has 172 valence electrons. The summed E-state index contributed by atoms with van der Waals surface area (Å²) in [7, 11) is 0. The van der Waals surface area contributed by atoms with Crippen molar-refractivity contribution >= 4 is 11.9 Å². The van der Waals surface area contributed by atoms with Gasteiger partial charge in [0, 0.05) is 13.2 Å². The van der Waals surface area contributed by atoms with Crippen LogP contribution in [0.1, 0.15) is 65.7 Å². The number of hydrogen-bond acceptors (Lipinski definition) is 6. The zero-order valence-electron chi connectivity index (χ0n) is 18.2. The molecule has 0 aromatic heterocycles. The maximum atomic E-state index is 12.2. The first-order chi connectivity index (χ1) is 15.6. The van der Waals surface area contributed by atoms with Gasteiger partial charge in [-0.15, -0.1) is 0 Å². The summed E-state index contributed by atoms with van der Waals surface area (Å²) < 4.78 is 22.3. The van der Waals surface area contributed by atoms with Crippen LogP contribution < -0.4 is 9.47 Å². The third kappa shape index (κ3) is 7.98. The Morgan fingerprint density at radius 1 is 0.844 bits per heavy atom. The summed E-state index contributed by atoms with van der Waals surface area (Å²) >= 11 is 0. The van der Waals surface area contributed by atoms with Gasteiger partial charge in [0.2, 0.25) is 0 Å². The Hall–Kier alpha value is -2.90. The first kappa shape index (κ1) is 23.8. The standard InChI is InChI=1S/C25H30O7/c26-24(27)19-8-14-22(15-9-19)32-25(28)20-10-12-21(13-11-20)29-16-4-1-2-5-17-30-23-7-3-6-18-31-23/h8-15,23H,1-7,16-18H2,(H,26,27). The normalized spacial score (nSPS) is 15.8. The Morgan fingerprint density at radius 3 is 2.16 bits per heavy atom. The molecular formula is C25H30O7. The number of benzene rings is 2. The zero-order chi connectivity index (χ0) is 22.6. The van der Waals surface area contributed by atoms with E-state index in [4.69, 9.17) is 24.1 Å². The number of carbonyl (C=O) groups excluding carboxylic acids is 1. The molecule has 3 rings (SSSR count). The van der Waals surface area contributed by atoms with Crippen LogP contribution in [0.15, 0.2) is 48.5 Å². The average Bonchev–Trinajstić information content (AvgIpc) is 2.82. The van der Waals surface area contributed by atoms with Crippen molar-refractivity contribution in [3.63, 3.8) is 0 Å². The smallest absolute Gasteiger partial charge is 0.343 e. The van der Waals surface area contributed by atoms with Gasteiger partial charge in [0.1, 0.15) is 11.5 Å². The number of unbranched alkanes of at least 4 members (excludes halogenated alkanes) is 3. The minimum Gasteiger partial charge on any atom is -0.494 e. The number of carboxylic acids is 1. The molecule has 1 unspecified atom stereocenters. The van der Waals surface area contributed by atoms with Gasteiger partial charge >= 0.3 is 11.9 Å². The van der Waals surface area contributed by atoms with Crippen molar-refractivity contribution in [2.24, 2.45) is 0 Å². The SMILES string of the molecule is O=C(O)c1ccc(OC(=O)c2ccc(OCCCCCCOC3CCCCO3)cc2)cc1. The lowest BCUT2D eigenvalue weighted by molar-refractivity contribution is -0.162. The molecule has 0 bridgehead atoms. The number of hydrogen-bond donors (Lipinski definition) is 1. The lowest BCUT2D eigenvalue weighted by Gasteiger charge is -2.22. The topological polar surface area (TPSA) is 91.3 Å². The monoisotopic (exact) mass is 442 g/mol. The third-order valence-electron chi connectivity index (χ3n) is 5.15. The molecule has 1 saturated heterocycles. The molecule has 32 heavy (non-hydrogen) atoms. The highest BCUT2D eigenvalue weighted by atomic mass is 16.7. The van der Waals surface area contributed by atoms with Crippen LogP contribution in [0.4, 0.5) is 0 Å². The molecule has 0 saturated carbocycles. The molecule has 0 amide bonds. The molecule has 7 heteroatoms. The zero-order valence-corrected chi connectivity index (χ0v) is 18.2. The van der Waals surface area contributed by atoms with Crippen molar-refractivity contribution in [1.82, 2.24) is 0 Å². The highest BCUT2D eigenvalue weighted by molar-refractivity contribution is 5.91. The molecule has 1 aliphatic rings. The van der Waals surface area contributed by atoms with Gasteiger partial charge in [-0.25, -0.2) is 9.59 Å². The predicted molar refractivity (Wildman–Crippen MR) is 118 cm³/mol. The lowest BCUT2D eigenvalue weighted by atomic mass is 10.2. The third-order valence-corrected chi connectivity index (χ3v) is 5.15. The summed E-state index contributed by atoms with van der Waals surface area (Å²) in [6.07, 6.45) is 7.46. The van der Waals surface area contributed by atoms with Crippen LogP contribution in [0.5, 0.6) is 11.5 Å². The van der Waals surface area contributed by atoms with Crippen molar-refractivity contribution < 1.29 is 33.6 Å². The Bertz CT molecular complexity index is 840. The molecule has 0 aliphatic carbocycles. The van der Waals surface area contributed by atoms with Crippen LogP contribution in [-0.4, -0.2) is 43.2 Å². The van der Waals surface area contributed by atoms with Crippen molar-refractivity contribution in [3.8, 4) is 11.5 Å². The van der Waals surface area contributed by atoms with Crippen LogP contribution in [-0.2, 0) is 9.47 Å². The van der Waals surface area contributed by atoms with Gasteiger partial charge < -0.3 is 24.1 Å². The quantitative estimate of drug-likeness (QED) is 0.278. The summed E-state index contributed by atoms with van der Waals surface area (Å²) in [5.41, 5.74) is 0.523. The second-order valence-electron chi connectivity index (χ2n) is 7.67. The molecule has 1 atom stereocenters. The number of ether oxygens (including phenoxy) is 4. The van der Waals surface area contributed by atoms with Crippen LogP contribution in [0.2, 0.25) is 0 Å². The number of carbonyl (C=O) groups is 2. The Kier molecular flexibility index (Phi) is 9.53. The fourth-order valence-corrected chi connectivity index (χ4v) is 3.32. The number of carboxylic acid groups (broad SMARTS) is 1. The molecule has 0 radical (unpaired) electrons.